The summed E-state index contributed by atoms with van der Waals surface area (Å²) in [6.07, 6.45) is 23.9. The summed E-state index contributed by atoms with van der Waals surface area (Å²) in [6.45, 7) is 4.51. The molecule has 0 spiro atoms. The van der Waals surface area contributed by atoms with Gasteiger partial charge in [-0.05, 0) is 23.3 Å². The van der Waals surface area contributed by atoms with Gasteiger partial charge in [-0.3, -0.25) is 0 Å². The molecule has 0 saturated carbocycles. The van der Waals surface area contributed by atoms with Crippen LogP contribution in [0.5, 0.6) is 0 Å². The van der Waals surface area contributed by atoms with Crippen molar-refractivity contribution in [3.63, 3.8) is 0 Å². The highest BCUT2D eigenvalue weighted by Crippen LogP contribution is 2.19. The second-order valence-electron chi connectivity index (χ2n) is 7.24. The normalized spacial score (nSPS) is 12.6. The Labute approximate surface area is 149 Å². The zero-order valence-electron chi connectivity index (χ0n) is 16.3. The Morgan fingerprint density at radius 3 is 1.62 bits per heavy atom. The zero-order chi connectivity index (χ0) is 17.3. The van der Waals surface area contributed by atoms with E-state index in [-0.39, 0.29) is 0 Å². The smallest absolute Gasteiger partial charge is 0.138 e. The van der Waals surface area contributed by atoms with E-state index in [2.05, 4.69) is 29.4 Å². The van der Waals surface area contributed by atoms with E-state index in [1.54, 1.807) is 6.33 Å². The Hall–Kier alpha value is -0.930. The number of hydrogen-bond acceptors (Lipinski definition) is 3. The third kappa shape index (κ3) is 10.8. The minimum Gasteiger partial charge on any atom is -0.229 e. The fraction of sp³-hybridized carbons (Fsp3) is 0.950. The lowest BCUT2D eigenvalue weighted by Gasteiger charge is -2.13. The highest BCUT2D eigenvalue weighted by molar-refractivity contribution is 4.64. The number of nitrogens with zero attached hydrogens (tertiary/aromatic N) is 4. The van der Waals surface area contributed by atoms with Crippen molar-refractivity contribution < 1.29 is 0 Å². The number of aromatic nitrogens is 4. The van der Waals surface area contributed by atoms with Gasteiger partial charge in [0.2, 0.25) is 0 Å². The maximum atomic E-state index is 4.03. The molecule has 1 atom stereocenters. The van der Waals surface area contributed by atoms with Gasteiger partial charge in [-0.25, -0.2) is 4.68 Å². The Kier molecular flexibility index (Phi) is 13.7. The lowest BCUT2D eigenvalue weighted by molar-refractivity contribution is 0.385. The molecule has 0 radical (unpaired) electrons. The second-order valence-corrected chi connectivity index (χ2v) is 7.24. The van der Waals surface area contributed by atoms with Crippen LogP contribution < -0.4 is 0 Å². The maximum Gasteiger partial charge on any atom is 0.138 e. The van der Waals surface area contributed by atoms with E-state index < -0.39 is 0 Å². The van der Waals surface area contributed by atoms with Crippen molar-refractivity contribution >= 4 is 0 Å². The first-order valence-electron chi connectivity index (χ1n) is 10.6. The largest absolute Gasteiger partial charge is 0.229 e. The van der Waals surface area contributed by atoms with E-state index in [9.17, 15) is 0 Å². The number of tetrazole rings is 1. The first kappa shape index (κ1) is 21.1. The standard InChI is InChI=1S/C20H40N4/c1-3-5-6-7-8-9-10-11-12-13-14-15-16-17-18-20(4-2)24-19-21-22-23-24/h19-20H,3-18H2,1-2H3. The van der Waals surface area contributed by atoms with Crippen LogP contribution in [0.25, 0.3) is 0 Å². The van der Waals surface area contributed by atoms with Crippen LogP contribution in [0.2, 0.25) is 0 Å². The topological polar surface area (TPSA) is 43.6 Å². The minimum absolute atomic E-state index is 0.484. The van der Waals surface area contributed by atoms with Crippen molar-refractivity contribution in [2.45, 2.75) is 123 Å². The van der Waals surface area contributed by atoms with Gasteiger partial charge in [-0.2, -0.15) is 0 Å². The fourth-order valence-corrected chi connectivity index (χ4v) is 3.43. The molecular formula is C20H40N4. The van der Waals surface area contributed by atoms with Crippen LogP contribution >= 0.6 is 0 Å². The van der Waals surface area contributed by atoms with Crippen LogP contribution in [0.3, 0.4) is 0 Å². The van der Waals surface area contributed by atoms with Crippen molar-refractivity contribution in [3.05, 3.63) is 6.33 Å². The predicted molar refractivity (Wildman–Crippen MR) is 102 cm³/mol. The summed E-state index contributed by atoms with van der Waals surface area (Å²) >= 11 is 0. The summed E-state index contributed by atoms with van der Waals surface area (Å²) in [7, 11) is 0. The monoisotopic (exact) mass is 336 g/mol. The lowest BCUT2D eigenvalue weighted by Crippen LogP contribution is -2.08. The third-order valence-electron chi connectivity index (χ3n) is 5.10. The average Bonchev–Trinajstić information content (AvgIpc) is 3.13. The maximum absolute atomic E-state index is 4.03. The summed E-state index contributed by atoms with van der Waals surface area (Å²) < 4.78 is 1.92. The van der Waals surface area contributed by atoms with Crippen LogP contribution in [0.1, 0.15) is 123 Å². The first-order chi connectivity index (χ1) is 11.9. The molecule has 0 N–H and O–H groups in total. The van der Waals surface area contributed by atoms with Crippen LogP contribution in [0.15, 0.2) is 6.33 Å². The van der Waals surface area contributed by atoms with Crippen molar-refractivity contribution in [1.29, 1.82) is 0 Å². The minimum atomic E-state index is 0.484. The molecule has 0 amide bonds. The van der Waals surface area contributed by atoms with E-state index in [0.29, 0.717) is 6.04 Å². The molecule has 0 aliphatic carbocycles. The van der Waals surface area contributed by atoms with E-state index in [4.69, 9.17) is 0 Å². The summed E-state index contributed by atoms with van der Waals surface area (Å²) in [6, 6.07) is 0.484. The van der Waals surface area contributed by atoms with E-state index in [1.165, 1.54) is 96.3 Å². The summed E-state index contributed by atoms with van der Waals surface area (Å²) in [5.41, 5.74) is 0. The number of unbranched alkanes of at least 4 members (excludes halogenated alkanes) is 13. The molecule has 1 aromatic heterocycles. The molecule has 24 heavy (non-hydrogen) atoms. The number of hydrogen-bond donors (Lipinski definition) is 0. The Morgan fingerprint density at radius 1 is 0.708 bits per heavy atom. The first-order valence-corrected chi connectivity index (χ1v) is 10.6. The highest BCUT2D eigenvalue weighted by atomic mass is 15.5. The Bertz CT molecular complexity index is 351. The molecule has 0 aliphatic rings. The molecule has 0 aromatic carbocycles. The van der Waals surface area contributed by atoms with Gasteiger partial charge in [0.1, 0.15) is 6.33 Å². The molecule has 0 aliphatic heterocycles. The molecule has 1 rings (SSSR count). The second kappa shape index (κ2) is 15.6. The van der Waals surface area contributed by atoms with E-state index in [0.717, 1.165) is 6.42 Å². The SMILES string of the molecule is CCCCCCCCCCCCCCCCC(CC)n1cnnn1. The molecule has 4 heteroatoms. The predicted octanol–water partition coefficient (Wildman–Crippen LogP) is 6.50. The average molecular weight is 337 g/mol. The molecule has 140 valence electrons. The van der Waals surface area contributed by atoms with Crippen molar-refractivity contribution in [2.75, 3.05) is 0 Å². The molecular weight excluding hydrogens is 296 g/mol. The van der Waals surface area contributed by atoms with Crippen LogP contribution in [0, 0.1) is 0 Å². The van der Waals surface area contributed by atoms with Gasteiger partial charge in [0, 0.05) is 0 Å². The van der Waals surface area contributed by atoms with Crippen LogP contribution in [0.4, 0.5) is 0 Å². The molecule has 4 nitrogen and oxygen atoms in total. The summed E-state index contributed by atoms with van der Waals surface area (Å²) in [5, 5.41) is 11.5. The summed E-state index contributed by atoms with van der Waals surface area (Å²) in [5.74, 6) is 0. The summed E-state index contributed by atoms with van der Waals surface area (Å²) in [4.78, 5) is 0. The van der Waals surface area contributed by atoms with Gasteiger partial charge in [0.15, 0.2) is 0 Å². The quantitative estimate of drug-likeness (QED) is 0.305. The van der Waals surface area contributed by atoms with Crippen molar-refractivity contribution in [3.8, 4) is 0 Å². The Morgan fingerprint density at radius 2 is 1.21 bits per heavy atom. The third-order valence-corrected chi connectivity index (χ3v) is 5.10. The Balaban J connectivity index is 1.80. The molecule has 1 unspecified atom stereocenters. The van der Waals surface area contributed by atoms with Gasteiger partial charge in [-0.1, -0.05) is 104 Å². The number of rotatable bonds is 17. The zero-order valence-corrected chi connectivity index (χ0v) is 16.3. The molecule has 0 saturated heterocycles. The molecule has 1 heterocycles. The van der Waals surface area contributed by atoms with Crippen LogP contribution in [-0.2, 0) is 0 Å². The lowest BCUT2D eigenvalue weighted by atomic mass is 10.0. The van der Waals surface area contributed by atoms with E-state index >= 15 is 0 Å². The molecule has 0 fully saturated rings. The van der Waals surface area contributed by atoms with Gasteiger partial charge in [0.05, 0.1) is 6.04 Å². The van der Waals surface area contributed by atoms with Crippen molar-refractivity contribution in [2.24, 2.45) is 0 Å². The fourth-order valence-electron chi connectivity index (χ4n) is 3.43. The highest BCUT2D eigenvalue weighted by Gasteiger charge is 2.08. The molecule has 1 aromatic rings. The van der Waals surface area contributed by atoms with Gasteiger partial charge >= 0.3 is 0 Å². The van der Waals surface area contributed by atoms with Crippen molar-refractivity contribution in [1.82, 2.24) is 20.2 Å². The van der Waals surface area contributed by atoms with Crippen LogP contribution in [-0.4, -0.2) is 20.2 Å². The van der Waals surface area contributed by atoms with Gasteiger partial charge in [-0.15, -0.1) is 5.10 Å². The molecule has 0 bridgehead atoms. The van der Waals surface area contributed by atoms with E-state index in [1.807, 2.05) is 4.68 Å². The van der Waals surface area contributed by atoms with Gasteiger partial charge in [0.25, 0.3) is 0 Å². The van der Waals surface area contributed by atoms with Gasteiger partial charge < -0.3 is 0 Å².